The van der Waals surface area contributed by atoms with Gasteiger partial charge in [-0.25, -0.2) is 4.79 Å². The largest absolute Gasteiger partial charge is 0.329 e. The second-order valence-corrected chi connectivity index (χ2v) is 6.91. The predicted molar refractivity (Wildman–Crippen MR) is 103 cm³/mol. The van der Waals surface area contributed by atoms with E-state index in [0.29, 0.717) is 21.8 Å². The van der Waals surface area contributed by atoms with E-state index in [1.165, 1.54) is 12.1 Å². The molecule has 3 N–H and O–H groups in total. The molecule has 2 aromatic rings. The molecule has 2 aromatic carbocycles. The second kappa shape index (κ2) is 8.04. The zero-order valence-corrected chi connectivity index (χ0v) is 16.0. The van der Waals surface area contributed by atoms with Crippen LogP contribution in [0.25, 0.3) is 0 Å². The van der Waals surface area contributed by atoms with Gasteiger partial charge in [0.1, 0.15) is 0 Å². The maximum Gasteiger partial charge on any atom is 0.324 e. The molecule has 4 amide bonds. The van der Waals surface area contributed by atoms with Gasteiger partial charge in [-0.1, -0.05) is 46.9 Å². The quantitative estimate of drug-likeness (QED) is 0.503. The molecule has 0 aliphatic carbocycles. The third kappa shape index (κ3) is 4.44. The molecule has 0 spiro atoms. The highest BCUT2D eigenvalue weighted by molar-refractivity contribution is 6.41. The molecule has 1 aliphatic heterocycles. The van der Waals surface area contributed by atoms with Gasteiger partial charge < -0.3 is 5.32 Å². The molecule has 0 bridgehead atoms. The van der Waals surface area contributed by atoms with Crippen LogP contribution in [0.1, 0.15) is 15.9 Å². The molecule has 3 rings (SSSR count). The van der Waals surface area contributed by atoms with Crippen LogP contribution in [0.15, 0.2) is 36.4 Å². The summed E-state index contributed by atoms with van der Waals surface area (Å²) in [6.07, 6.45) is 0. The Hall–Kier alpha value is -2.48. The van der Waals surface area contributed by atoms with Crippen molar-refractivity contribution in [2.24, 2.45) is 0 Å². The number of nitrogens with one attached hydrogen (secondary N) is 3. The molecule has 0 atom stereocenters. The van der Waals surface area contributed by atoms with Crippen LogP contribution in [-0.2, 0) is 11.3 Å². The summed E-state index contributed by atoms with van der Waals surface area (Å²) in [6, 6.07) is 9.04. The molecule has 1 fully saturated rings. The number of hydrogen-bond acceptors (Lipinski definition) is 4. The number of nitrogens with zero attached hydrogens (tertiary/aromatic N) is 1. The smallest absolute Gasteiger partial charge is 0.324 e. The van der Waals surface area contributed by atoms with Crippen LogP contribution in [0.3, 0.4) is 0 Å². The molecule has 140 valence electrons. The van der Waals surface area contributed by atoms with Gasteiger partial charge in [0.25, 0.3) is 5.91 Å². The van der Waals surface area contributed by atoms with Crippen LogP contribution in [0.5, 0.6) is 0 Å². The van der Waals surface area contributed by atoms with E-state index in [1.807, 2.05) is 0 Å². The first-order chi connectivity index (χ1) is 12.8. The van der Waals surface area contributed by atoms with E-state index in [2.05, 4.69) is 16.2 Å². The molecule has 27 heavy (non-hydrogen) atoms. The van der Waals surface area contributed by atoms with E-state index < -0.39 is 11.9 Å². The molecular weight excluding hydrogens is 415 g/mol. The number of hydrazine groups is 1. The Labute approximate surface area is 169 Å². The molecular formula is C17H13Cl3N4O3. The van der Waals surface area contributed by atoms with E-state index in [1.54, 1.807) is 24.3 Å². The highest BCUT2D eigenvalue weighted by Gasteiger charge is 2.28. The van der Waals surface area contributed by atoms with Crippen molar-refractivity contribution < 1.29 is 14.4 Å². The number of hydrogen-bond donors (Lipinski definition) is 3. The van der Waals surface area contributed by atoms with Gasteiger partial charge in [-0.3, -0.25) is 25.3 Å². The molecule has 7 nitrogen and oxygen atoms in total. The Balaban J connectivity index is 1.63. The maximum absolute atomic E-state index is 12.3. The van der Waals surface area contributed by atoms with Gasteiger partial charge in [0.05, 0.1) is 28.8 Å². The highest BCUT2D eigenvalue weighted by atomic mass is 35.5. The van der Waals surface area contributed by atoms with Crippen molar-refractivity contribution in [1.82, 2.24) is 15.6 Å². The monoisotopic (exact) mass is 426 g/mol. The Kier molecular flexibility index (Phi) is 5.74. The van der Waals surface area contributed by atoms with Gasteiger partial charge in [-0.15, -0.1) is 0 Å². The maximum atomic E-state index is 12.3. The van der Waals surface area contributed by atoms with Crippen molar-refractivity contribution in [3.8, 4) is 0 Å². The van der Waals surface area contributed by atoms with E-state index in [0.717, 1.165) is 4.90 Å². The first kappa shape index (κ1) is 19.3. The summed E-state index contributed by atoms with van der Waals surface area (Å²) in [7, 11) is 0. The first-order valence-corrected chi connectivity index (χ1v) is 8.86. The Morgan fingerprint density at radius 1 is 1.07 bits per heavy atom. The zero-order chi connectivity index (χ0) is 19.6. The van der Waals surface area contributed by atoms with Crippen molar-refractivity contribution >= 4 is 58.3 Å². The lowest BCUT2D eigenvalue weighted by Gasteiger charge is -2.14. The zero-order valence-electron chi connectivity index (χ0n) is 13.7. The van der Waals surface area contributed by atoms with Crippen LogP contribution in [-0.4, -0.2) is 29.3 Å². The van der Waals surface area contributed by atoms with Crippen LogP contribution in [0.2, 0.25) is 15.1 Å². The van der Waals surface area contributed by atoms with Gasteiger partial charge in [-0.05, 0) is 29.8 Å². The van der Waals surface area contributed by atoms with Crippen molar-refractivity contribution in [2.75, 3.05) is 12.0 Å². The summed E-state index contributed by atoms with van der Waals surface area (Å²) in [5.41, 5.74) is 6.56. The molecule has 1 heterocycles. The molecule has 1 saturated heterocycles. The summed E-state index contributed by atoms with van der Waals surface area (Å²) in [5, 5.41) is 3.35. The fraction of sp³-hybridized carbons (Fsp3) is 0.118. The topological polar surface area (TPSA) is 90.5 Å². The molecule has 0 unspecified atom stereocenters. The van der Waals surface area contributed by atoms with Crippen molar-refractivity contribution in [2.45, 2.75) is 6.54 Å². The number of amides is 4. The number of imide groups is 1. The van der Waals surface area contributed by atoms with Crippen molar-refractivity contribution in [3.63, 3.8) is 0 Å². The third-order valence-corrected chi connectivity index (χ3v) is 4.62. The number of urea groups is 1. The van der Waals surface area contributed by atoms with Gasteiger partial charge in [0.15, 0.2) is 0 Å². The molecule has 0 aromatic heterocycles. The van der Waals surface area contributed by atoms with Gasteiger partial charge in [-0.2, -0.15) is 0 Å². The minimum Gasteiger partial charge on any atom is -0.329 e. The van der Waals surface area contributed by atoms with Gasteiger partial charge in [0, 0.05) is 10.6 Å². The van der Waals surface area contributed by atoms with E-state index in [4.69, 9.17) is 34.8 Å². The molecule has 1 aliphatic rings. The molecule has 0 radical (unpaired) electrons. The van der Waals surface area contributed by atoms with Crippen molar-refractivity contribution in [1.29, 1.82) is 0 Å². The Bertz CT molecular complexity index is 879. The average Bonchev–Trinajstić information content (AvgIpc) is 2.93. The summed E-state index contributed by atoms with van der Waals surface area (Å²) in [4.78, 5) is 36.5. The second-order valence-electron chi connectivity index (χ2n) is 5.66. The minimum atomic E-state index is -0.428. The number of carbonyl (C=O) groups is 3. The van der Waals surface area contributed by atoms with Crippen LogP contribution < -0.4 is 16.2 Å². The lowest BCUT2D eigenvalue weighted by atomic mass is 10.1. The first-order valence-electron chi connectivity index (χ1n) is 7.73. The number of carbonyl (C=O) groups excluding carboxylic acids is 3. The summed E-state index contributed by atoms with van der Waals surface area (Å²) in [6.45, 7) is 0.140. The number of rotatable bonds is 5. The fourth-order valence-corrected chi connectivity index (χ4v) is 3.32. The van der Waals surface area contributed by atoms with Crippen LogP contribution in [0.4, 0.5) is 10.5 Å². The SMILES string of the molecule is O=C(NNc1c(Cl)cc(Cl)cc1Cl)c1ccc(CN2C(=O)CNC2=O)cc1. The van der Waals surface area contributed by atoms with E-state index in [9.17, 15) is 14.4 Å². The average molecular weight is 428 g/mol. The number of benzene rings is 2. The normalized spacial score (nSPS) is 13.5. The third-order valence-electron chi connectivity index (χ3n) is 3.80. The molecule has 0 saturated carbocycles. The van der Waals surface area contributed by atoms with Crippen molar-refractivity contribution in [3.05, 3.63) is 62.6 Å². The lowest BCUT2D eigenvalue weighted by molar-refractivity contribution is -0.125. The van der Waals surface area contributed by atoms with E-state index >= 15 is 0 Å². The highest BCUT2D eigenvalue weighted by Crippen LogP contribution is 2.33. The predicted octanol–water partition coefficient (Wildman–Crippen LogP) is 3.46. The minimum absolute atomic E-state index is 0.000803. The molecule has 10 heteroatoms. The standard InChI is InChI=1S/C17H13Cl3N4O3/c18-11-5-12(19)15(13(20)6-11)22-23-16(26)10-3-1-9(2-4-10)8-24-14(25)7-21-17(24)27/h1-6,22H,7-8H2,(H,21,27)(H,23,26). The Morgan fingerprint density at radius 3 is 2.26 bits per heavy atom. The summed E-state index contributed by atoms with van der Waals surface area (Å²) >= 11 is 17.9. The Morgan fingerprint density at radius 2 is 1.70 bits per heavy atom. The number of halogens is 3. The van der Waals surface area contributed by atoms with Gasteiger partial charge >= 0.3 is 6.03 Å². The fourth-order valence-electron chi connectivity index (χ4n) is 2.41. The van der Waals surface area contributed by atoms with E-state index in [-0.39, 0.29) is 29.0 Å². The van der Waals surface area contributed by atoms with Gasteiger partial charge in [0.2, 0.25) is 5.91 Å². The summed E-state index contributed by atoms with van der Waals surface area (Å²) in [5.74, 6) is -0.707. The van der Waals surface area contributed by atoms with Crippen LogP contribution in [0, 0.1) is 0 Å². The van der Waals surface area contributed by atoms with Crippen LogP contribution >= 0.6 is 34.8 Å². The number of anilines is 1. The summed E-state index contributed by atoms with van der Waals surface area (Å²) < 4.78 is 0. The lowest BCUT2D eigenvalue weighted by Crippen LogP contribution is -2.31.